The van der Waals surface area contributed by atoms with Crippen molar-refractivity contribution in [3.8, 4) is 0 Å². The Morgan fingerprint density at radius 1 is 1.29 bits per heavy atom. The average molecular weight is 326 g/mol. The zero-order valence-corrected chi connectivity index (χ0v) is 14.3. The largest absolute Gasteiger partial charge is 0.369 e. The van der Waals surface area contributed by atoms with Crippen LogP contribution in [0.2, 0.25) is 0 Å². The van der Waals surface area contributed by atoms with E-state index in [1.54, 1.807) is 11.0 Å². The molecular formula is C16H22N8. The predicted octanol–water partition coefficient (Wildman–Crippen LogP) is 1.75. The van der Waals surface area contributed by atoms with Gasteiger partial charge in [0.2, 0.25) is 0 Å². The number of anilines is 1. The van der Waals surface area contributed by atoms with Crippen molar-refractivity contribution in [2.45, 2.75) is 39.2 Å². The van der Waals surface area contributed by atoms with E-state index in [4.69, 9.17) is 0 Å². The lowest BCUT2D eigenvalue weighted by molar-refractivity contribution is 0.371. The molecule has 0 radical (unpaired) electrons. The monoisotopic (exact) mass is 326 g/mol. The lowest BCUT2D eigenvalue weighted by Gasteiger charge is -2.25. The molecule has 1 atom stereocenters. The lowest BCUT2D eigenvalue weighted by Crippen LogP contribution is -2.27. The van der Waals surface area contributed by atoms with Gasteiger partial charge in [-0.15, -0.1) is 10.2 Å². The number of hydrogen-bond acceptors (Lipinski definition) is 6. The van der Waals surface area contributed by atoms with E-state index in [-0.39, 0.29) is 0 Å². The number of rotatable bonds is 4. The molecule has 3 aromatic heterocycles. The molecule has 0 fully saturated rings. The number of nitrogens with one attached hydrogen (secondary N) is 1. The Balaban J connectivity index is 1.49. The Kier molecular flexibility index (Phi) is 3.66. The number of hydrogen-bond donors (Lipinski definition) is 1. The highest BCUT2D eigenvalue weighted by molar-refractivity contribution is 5.85. The topological polar surface area (TPSA) is 86.3 Å². The molecule has 0 bridgehead atoms. The van der Waals surface area contributed by atoms with Gasteiger partial charge in [-0.3, -0.25) is 4.68 Å². The second-order valence-electron chi connectivity index (χ2n) is 6.75. The fraction of sp³-hybridized carbons (Fsp3) is 0.562. The molecule has 3 aromatic rings. The van der Waals surface area contributed by atoms with Crippen molar-refractivity contribution in [3.05, 3.63) is 24.2 Å². The first kappa shape index (κ1) is 15.0. The highest BCUT2D eigenvalue weighted by atomic mass is 15.3. The van der Waals surface area contributed by atoms with Gasteiger partial charge in [-0.2, -0.15) is 5.10 Å². The molecule has 0 amide bonds. The molecule has 4 rings (SSSR count). The third-order valence-corrected chi connectivity index (χ3v) is 4.68. The van der Waals surface area contributed by atoms with Crippen LogP contribution in [-0.2, 0) is 20.0 Å². The minimum absolute atomic E-state index is 0.398. The van der Waals surface area contributed by atoms with Crippen LogP contribution in [0.4, 0.5) is 5.82 Å². The molecule has 24 heavy (non-hydrogen) atoms. The zero-order valence-electron chi connectivity index (χ0n) is 14.3. The van der Waals surface area contributed by atoms with Gasteiger partial charge in [0.15, 0.2) is 5.65 Å². The maximum absolute atomic E-state index is 4.38. The fourth-order valence-electron chi connectivity index (χ4n) is 3.35. The van der Waals surface area contributed by atoms with Crippen molar-refractivity contribution >= 4 is 16.9 Å². The number of aromatic nitrogens is 7. The van der Waals surface area contributed by atoms with E-state index >= 15 is 0 Å². The number of nitrogens with zero attached hydrogens (tertiary/aromatic N) is 7. The van der Waals surface area contributed by atoms with Gasteiger partial charge in [0, 0.05) is 32.5 Å². The van der Waals surface area contributed by atoms with Crippen molar-refractivity contribution in [3.63, 3.8) is 0 Å². The van der Waals surface area contributed by atoms with Crippen molar-refractivity contribution in [1.82, 2.24) is 34.5 Å². The molecule has 0 saturated carbocycles. The molecule has 1 aliphatic heterocycles. The van der Waals surface area contributed by atoms with Gasteiger partial charge in [0.1, 0.15) is 23.8 Å². The molecule has 0 saturated heterocycles. The van der Waals surface area contributed by atoms with Gasteiger partial charge < -0.3 is 9.88 Å². The molecular weight excluding hydrogens is 304 g/mol. The normalized spacial score (nSPS) is 17.4. The van der Waals surface area contributed by atoms with Crippen LogP contribution in [0.5, 0.6) is 0 Å². The van der Waals surface area contributed by atoms with Gasteiger partial charge in [0.05, 0.1) is 11.6 Å². The van der Waals surface area contributed by atoms with Crippen molar-refractivity contribution in [2.24, 2.45) is 13.0 Å². The highest BCUT2D eigenvalue weighted by Crippen LogP contribution is 2.24. The first-order valence-corrected chi connectivity index (χ1v) is 8.42. The number of fused-ring (bicyclic) bond motifs is 2. The molecule has 0 aliphatic carbocycles. The molecule has 126 valence electrons. The van der Waals surface area contributed by atoms with Crippen molar-refractivity contribution in [1.29, 1.82) is 0 Å². The second kappa shape index (κ2) is 5.85. The Morgan fingerprint density at radius 2 is 2.17 bits per heavy atom. The van der Waals surface area contributed by atoms with Crippen LogP contribution in [-0.4, -0.2) is 41.1 Å². The zero-order chi connectivity index (χ0) is 16.7. The summed E-state index contributed by atoms with van der Waals surface area (Å²) in [7, 11) is 1.89. The van der Waals surface area contributed by atoms with Gasteiger partial charge in [-0.1, -0.05) is 13.8 Å². The summed E-state index contributed by atoms with van der Waals surface area (Å²) in [5.41, 5.74) is 0.847. The molecule has 1 aliphatic rings. The minimum atomic E-state index is 0.398. The summed E-state index contributed by atoms with van der Waals surface area (Å²) < 4.78 is 4.06. The molecule has 0 aromatic carbocycles. The van der Waals surface area contributed by atoms with E-state index in [1.807, 2.05) is 13.2 Å². The van der Waals surface area contributed by atoms with Crippen LogP contribution in [0, 0.1) is 5.92 Å². The third-order valence-electron chi connectivity index (χ3n) is 4.68. The first-order chi connectivity index (χ1) is 11.6. The van der Waals surface area contributed by atoms with Crippen LogP contribution in [0.15, 0.2) is 12.5 Å². The quantitative estimate of drug-likeness (QED) is 0.786. The number of aryl methyl sites for hydroxylation is 2. The van der Waals surface area contributed by atoms with Gasteiger partial charge in [-0.25, -0.2) is 9.97 Å². The third kappa shape index (κ3) is 2.51. The summed E-state index contributed by atoms with van der Waals surface area (Å²) in [6, 6.07) is 0. The maximum atomic E-state index is 4.38. The average Bonchev–Trinajstić information content (AvgIpc) is 3.17. The highest BCUT2D eigenvalue weighted by Gasteiger charge is 2.24. The van der Waals surface area contributed by atoms with Crippen LogP contribution >= 0.6 is 0 Å². The van der Waals surface area contributed by atoms with E-state index < -0.39 is 0 Å². The lowest BCUT2D eigenvalue weighted by atomic mass is 9.98. The van der Waals surface area contributed by atoms with Crippen LogP contribution in [0.1, 0.15) is 37.8 Å². The van der Waals surface area contributed by atoms with Crippen LogP contribution in [0.25, 0.3) is 11.0 Å². The van der Waals surface area contributed by atoms with Gasteiger partial charge in [-0.05, 0) is 12.3 Å². The Bertz CT molecular complexity index is 862. The smallest absolute Gasteiger partial charge is 0.163 e. The summed E-state index contributed by atoms with van der Waals surface area (Å²) in [6.45, 7) is 6.17. The molecule has 0 spiro atoms. The summed E-state index contributed by atoms with van der Waals surface area (Å²) in [5, 5.41) is 17.4. The molecule has 0 unspecified atom stereocenters. The molecule has 8 heteroatoms. The van der Waals surface area contributed by atoms with Gasteiger partial charge >= 0.3 is 0 Å². The summed E-state index contributed by atoms with van der Waals surface area (Å²) in [4.78, 5) is 8.66. The minimum Gasteiger partial charge on any atom is -0.369 e. The summed E-state index contributed by atoms with van der Waals surface area (Å²) >= 11 is 0. The maximum Gasteiger partial charge on any atom is 0.163 e. The van der Waals surface area contributed by atoms with E-state index in [1.165, 1.54) is 0 Å². The standard InChI is InChI=1S/C16H22N8/c1-10(2)15-22-21-13-5-4-11(8-24(13)15)6-17-14-12-7-20-23(3)16(12)19-9-18-14/h7,9-11H,4-6,8H2,1-3H3,(H,17,18,19)/t11-/m1/s1. The van der Waals surface area contributed by atoms with E-state index in [0.29, 0.717) is 11.8 Å². The summed E-state index contributed by atoms with van der Waals surface area (Å²) in [6.07, 6.45) is 5.50. The van der Waals surface area contributed by atoms with E-state index in [9.17, 15) is 0 Å². The SMILES string of the molecule is CC(C)c1nnc2n1C[C@@H](CNc1ncnc3c1cnn3C)CC2. The first-order valence-electron chi connectivity index (χ1n) is 8.42. The van der Waals surface area contributed by atoms with Crippen LogP contribution in [0.3, 0.4) is 0 Å². The predicted molar refractivity (Wildman–Crippen MR) is 90.7 cm³/mol. The fourth-order valence-corrected chi connectivity index (χ4v) is 3.35. The Morgan fingerprint density at radius 3 is 3.00 bits per heavy atom. The van der Waals surface area contributed by atoms with Crippen molar-refractivity contribution < 1.29 is 0 Å². The van der Waals surface area contributed by atoms with E-state index in [0.717, 1.165) is 54.4 Å². The summed E-state index contributed by atoms with van der Waals surface area (Å²) in [5.74, 6) is 3.99. The van der Waals surface area contributed by atoms with Gasteiger partial charge in [0.25, 0.3) is 0 Å². The van der Waals surface area contributed by atoms with Crippen LogP contribution < -0.4 is 5.32 Å². The van der Waals surface area contributed by atoms with Crippen molar-refractivity contribution in [2.75, 3.05) is 11.9 Å². The molecule has 4 heterocycles. The second-order valence-corrected chi connectivity index (χ2v) is 6.75. The van der Waals surface area contributed by atoms with E-state index in [2.05, 4.69) is 49.0 Å². The molecule has 8 nitrogen and oxygen atoms in total. The Labute approximate surface area is 140 Å². The Hall–Kier alpha value is -2.51. The molecule has 1 N–H and O–H groups in total.